The van der Waals surface area contributed by atoms with E-state index in [9.17, 15) is 9.59 Å². The Kier molecular flexibility index (Phi) is 5.41. The summed E-state index contributed by atoms with van der Waals surface area (Å²) in [5, 5.41) is 0. The fraction of sp³-hybridized carbons (Fsp3) is 0.833. The van der Waals surface area contributed by atoms with E-state index in [1.54, 1.807) is 4.90 Å². The molecule has 0 aromatic heterocycles. The topological polar surface area (TPSA) is 89.4 Å². The van der Waals surface area contributed by atoms with E-state index >= 15 is 0 Å². The monoisotopic (exact) mass is 241 g/mol. The highest BCUT2D eigenvalue weighted by Crippen LogP contribution is 2.18. The largest absolute Gasteiger partial charge is 0.368 e. The highest BCUT2D eigenvalue weighted by Gasteiger charge is 2.32. The number of piperidine rings is 1. The summed E-state index contributed by atoms with van der Waals surface area (Å²) in [5.74, 6) is -0.539. The second-order valence-corrected chi connectivity index (χ2v) is 4.69. The summed E-state index contributed by atoms with van der Waals surface area (Å²) >= 11 is 0. The van der Waals surface area contributed by atoms with Crippen molar-refractivity contribution in [1.29, 1.82) is 0 Å². The summed E-state index contributed by atoms with van der Waals surface area (Å²) in [6.07, 6.45) is 5.17. The number of nitrogens with zero attached hydrogens (tertiary/aromatic N) is 1. The summed E-state index contributed by atoms with van der Waals surface area (Å²) < 4.78 is 0. The number of unbranched alkanes of at least 4 members (excludes halogenated alkanes) is 1. The molecule has 4 N–H and O–H groups in total. The lowest BCUT2D eigenvalue weighted by Gasteiger charge is -2.35. The van der Waals surface area contributed by atoms with E-state index in [2.05, 4.69) is 6.92 Å². The Morgan fingerprint density at radius 2 is 2.12 bits per heavy atom. The number of primary amides is 1. The van der Waals surface area contributed by atoms with Gasteiger partial charge in [-0.15, -0.1) is 0 Å². The maximum atomic E-state index is 12.1. The van der Waals surface area contributed by atoms with Gasteiger partial charge >= 0.3 is 0 Å². The van der Waals surface area contributed by atoms with E-state index in [0.717, 1.165) is 25.7 Å². The van der Waals surface area contributed by atoms with Gasteiger partial charge in [0.05, 0.1) is 6.04 Å². The Morgan fingerprint density at radius 1 is 1.41 bits per heavy atom. The molecule has 17 heavy (non-hydrogen) atoms. The first-order valence-electron chi connectivity index (χ1n) is 6.43. The zero-order valence-electron chi connectivity index (χ0n) is 10.5. The molecule has 5 heteroatoms. The molecule has 1 heterocycles. The van der Waals surface area contributed by atoms with Gasteiger partial charge in [-0.1, -0.05) is 19.8 Å². The standard InChI is InChI=1S/C12H23N3O2/c1-2-3-6-9(13)12(17)15-8-5-4-7-10(15)11(14)16/h9-10H,2-8,13H2,1H3,(H2,14,16). The zero-order chi connectivity index (χ0) is 12.8. The van der Waals surface area contributed by atoms with Crippen LogP contribution in [0.3, 0.4) is 0 Å². The van der Waals surface area contributed by atoms with Crippen LogP contribution in [-0.4, -0.2) is 35.3 Å². The fourth-order valence-electron chi connectivity index (χ4n) is 2.25. The summed E-state index contributed by atoms with van der Waals surface area (Å²) in [6, 6.07) is -0.946. The first kappa shape index (κ1) is 14.0. The Bertz CT molecular complexity index is 281. The molecule has 0 spiro atoms. The molecular weight excluding hydrogens is 218 g/mol. The molecule has 0 aromatic carbocycles. The Balaban J connectivity index is 2.61. The van der Waals surface area contributed by atoms with Gasteiger partial charge < -0.3 is 16.4 Å². The van der Waals surface area contributed by atoms with E-state index in [1.807, 2.05) is 0 Å². The number of nitrogens with two attached hydrogens (primary N) is 2. The molecule has 1 saturated heterocycles. The van der Waals surface area contributed by atoms with Gasteiger partial charge in [0.2, 0.25) is 11.8 Å². The van der Waals surface area contributed by atoms with Crippen LogP contribution in [0.4, 0.5) is 0 Å². The van der Waals surface area contributed by atoms with Gasteiger partial charge in [-0.2, -0.15) is 0 Å². The van der Waals surface area contributed by atoms with Gasteiger partial charge in [0.25, 0.3) is 0 Å². The minimum atomic E-state index is -0.491. The van der Waals surface area contributed by atoms with Crippen molar-refractivity contribution < 1.29 is 9.59 Å². The Hall–Kier alpha value is -1.10. The SMILES string of the molecule is CCCCC(N)C(=O)N1CCCCC1C(N)=O. The van der Waals surface area contributed by atoms with Crippen molar-refractivity contribution in [3.05, 3.63) is 0 Å². The summed E-state index contributed by atoms with van der Waals surface area (Å²) in [7, 11) is 0. The maximum absolute atomic E-state index is 12.1. The molecule has 2 unspecified atom stereocenters. The molecule has 2 amide bonds. The van der Waals surface area contributed by atoms with E-state index in [0.29, 0.717) is 19.4 Å². The van der Waals surface area contributed by atoms with Crippen molar-refractivity contribution in [2.45, 2.75) is 57.5 Å². The van der Waals surface area contributed by atoms with Crippen LogP contribution in [0.2, 0.25) is 0 Å². The van der Waals surface area contributed by atoms with Gasteiger partial charge in [-0.05, 0) is 25.7 Å². The van der Waals surface area contributed by atoms with Crippen LogP contribution in [0.5, 0.6) is 0 Å². The smallest absolute Gasteiger partial charge is 0.240 e. The van der Waals surface area contributed by atoms with E-state index < -0.39 is 18.0 Å². The average Bonchev–Trinajstić information content (AvgIpc) is 2.34. The third-order valence-corrected chi connectivity index (χ3v) is 3.30. The number of rotatable bonds is 5. The van der Waals surface area contributed by atoms with Gasteiger partial charge in [0, 0.05) is 6.54 Å². The Morgan fingerprint density at radius 3 is 2.71 bits per heavy atom. The average molecular weight is 241 g/mol. The zero-order valence-corrected chi connectivity index (χ0v) is 10.5. The summed E-state index contributed by atoms with van der Waals surface area (Å²) in [6.45, 7) is 2.66. The quantitative estimate of drug-likeness (QED) is 0.728. The van der Waals surface area contributed by atoms with Crippen LogP contribution in [0.25, 0.3) is 0 Å². The van der Waals surface area contributed by atoms with Crippen LogP contribution in [0, 0.1) is 0 Å². The molecule has 1 fully saturated rings. The third-order valence-electron chi connectivity index (χ3n) is 3.30. The molecule has 0 saturated carbocycles. The highest BCUT2D eigenvalue weighted by molar-refractivity contribution is 5.89. The lowest BCUT2D eigenvalue weighted by molar-refractivity contribution is -0.142. The predicted molar refractivity (Wildman–Crippen MR) is 66.0 cm³/mol. The molecule has 2 atom stereocenters. The predicted octanol–water partition coefficient (Wildman–Crippen LogP) is 0.370. The van der Waals surface area contributed by atoms with Gasteiger partial charge in [-0.3, -0.25) is 9.59 Å². The number of amides is 2. The minimum Gasteiger partial charge on any atom is -0.368 e. The van der Waals surface area contributed by atoms with Gasteiger partial charge in [0.1, 0.15) is 6.04 Å². The van der Waals surface area contributed by atoms with E-state index in [-0.39, 0.29) is 5.91 Å². The lowest BCUT2D eigenvalue weighted by Crippen LogP contribution is -2.55. The van der Waals surface area contributed by atoms with Crippen molar-refractivity contribution in [3.8, 4) is 0 Å². The van der Waals surface area contributed by atoms with Crippen molar-refractivity contribution in [3.63, 3.8) is 0 Å². The Labute approximate surface area is 103 Å². The number of hydrogen-bond acceptors (Lipinski definition) is 3. The number of likely N-dealkylation sites (tertiary alicyclic amines) is 1. The van der Waals surface area contributed by atoms with Crippen molar-refractivity contribution in [2.24, 2.45) is 11.5 Å². The molecule has 0 aromatic rings. The van der Waals surface area contributed by atoms with Crippen LogP contribution < -0.4 is 11.5 Å². The fourth-order valence-corrected chi connectivity index (χ4v) is 2.25. The lowest BCUT2D eigenvalue weighted by atomic mass is 9.99. The van der Waals surface area contributed by atoms with Crippen LogP contribution >= 0.6 is 0 Å². The van der Waals surface area contributed by atoms with Crippen molar-refractivity contribution in [1.82, 2.24) is 4.90 Å². The molecule has 1 aliphatic rings. The van der Waals surface area contributed by atoms with Gasteiger partial charge in [-0.25, -0.2) is 0 Å². The molecule has 0 radical (unpaired) electrons. The van der Waals surface area contributed by atoms with Crippen LogP contribution in [0.1, 0.15) is 45.4 Å². The molecule has 1 aliphatic heterocycles. The summed E-state index contributed by atoms with van der Waals surface area (Å²) in [5.41, 5.74) is 11.2. The first-order valence-corrected chi connectivity index (χ1v) is 6.43. The van der Waals surface area contributed by atoms with Crippen molar-refractivity contribution >= 4 is 11.8 Å². The minimum absolute atomic E-state index is 0.123. The molecule has 98 valence electrons. The second kappa shape index (κ2) is 6.59. The second-order valence-electron chi connectivity index (χ2n) is 4.69. The van der Waals surface area contributed by atoms with Crippen LogP contribution in [0.15, 0.2) is 0 Å². The third kappa shape index (κ3) is 3.70. The van der Waals surface area contributed by atoms with Crippen LogP contribution in [-0.2, 0) is 9.59 Å². The molecule has 5 nitrogen and oxygen atoms in total. The first-order chi connectivity index (χ1) is 8.07. The van der Waals surface area contributed by atoms with E-state index in [1.165, 1.54) is 0 Å². The molecule has 1 rings (SSSR count). The maximum Gasteiger partial charge on any atom is 0.240 e. The molecule has 0 aliphatic carbocycles. The summed E-state index contributed by atoms with van der Waals surface area (Å²) in [4.78, 5) is 25.0. The number of hydrogen-bond donors (Lipinski definition) is 2. The number of carbonyl (C=O) groups excluding carboxylic acids is 2. The normalized spacial score (nSPS) is 22.2. The van der Waals surface area contributed by atoms with Crippen molar-refractivity contribution in [2.75, 3.05) is 6.54 Å². The molecular formula is C12H23N3O2. The number of carbonyl (C=O) groups is 2. The molecule has 0 bridgehead atoms. The van der Waals surface area contributed by atoms with E-state index in [4.69, 9.17) is 11.5 Å². The van der Waals surface area contributed by atoms with Gasteiger partial charge in [0.15, 0.2) is 0 Å². The highest BCUT2D eigenvalue weighted by atomic mass is 16.2.